The molecule has 0 spiro atoms. The van der Waals surface area contributed by atoms with E-state index in [-0.39, 0.29) is 12.0 Å². The lowest BCUT2D eigenvalue weighted by atomic mass is 9.72. The summed E-state index contributed by atoms with van der Waals surface area (Å²) in [5, 5.41) is 0. The number of carbonyl (C=O) groups excluding carboxylic acids is 1. The second kappa shape index (κ2) is 5.11. The van der Waals surface area contributed by atoms with Crippen molar-refractivity contribution in [3.8, 4) is 0 Å². The molecule has 0 amide bonds. The summed E-state index contributed by atoms with van der Waals surface area (Å²) < 4.78 is 5.36. The Labute approximate surface area is 93.4 Å². The SMILES string of the molecule is CC(C)OCC(=O)C1CCC(C)(C)CC1. The van der Waals surface area contributed by atoms with Gasteiger partial charge in [-0.2, -0.15) is 0 Å². The minimum absolute atomic E-state index is 0.161. The standard InChI is InChI=1S/C13H24O2/c1-10(2)15-9-12(14)11-5-7-13(3,4)8-6-11/h10-11H,5-9H2,1-4H3. The molecule has 0 aliphatic heterocycles. The van der Waals surface area contributed by atoms with Crippen LogP contribution in [-0.4, -0.2) is 18.5 Å². The normalized spacial score (nSPS) is 21.9. The predicted molar refractivity (Wildman–Crippen MR) is 61.8 cm³/mol. The molecule has 1 rings (SSSR count). The molecule has 1 aliphatic rings. The Hall–Kier alpha value is -0.370. The van der Waals surface area contributed by atoms with Crippen LogP contribution in [-0.2, 0) is 9.53 Å². The second-order valence-corrected chi connectivity index (χ2v) is 5.76. The van der Waals surface area contributed by atoms with Gasteiger partial charge in [-0.15, -0.1) is 0 Å². The van der Waals surface area contributed by atoms with Crippen molar-refractivity contribution in [2.45, 2.75) is 59.5 Å². The van der Waals surface area contributed by atoms with E-state index in [1.165, 1.54) is 12.8 Å². The Morgan fingerprint density at radius 3 is 2.33 bits per heavy atom. The van der Waals surface area contributed by atoms with Gasteiger partial charge in [0.1, 0.15) is 6.61 Å². The first kappa shape index (κ1) is 12.7. The highest BCUT2D eigenvalue weighted by atomic mass is 16.5. The third-order valence-electron chi connectivity index (χ3n) is 3.35. The number of Topliss-reactive ketones (excluding diaryl/α,β-unsaturated/α-hetero) is 1. The van der Waals surface area contributed by atoms with Gasteiger partial charge in [0.2, 0.25) is 0 Å². The maximum Gasteiger partial charge on any atom is 0.161 e. The molecule has 0 N–H and O–H groups in total. The van der Waals surface area contributed by atoms with Crippen molar-refractivity contribution >= 4 is 5.78 Å². The summed E-state index contributed by atoms with van der Waals surface area (Å²) in [6.45, 7) is 8.83. The number of hydrogen-bond acceptors (Lipinski definition) is 2. The lowest BCUT2D eigenvalue weighted by Gasteiger charge is -2.33. The monoisotopic (exact) mass is 212 g/mol. The third-order valence-corrected chi connectivity index (χ3v) is 3.35. The highest BCUT2D eigenvalue weighted by molar-refractivity contribution is 5.82. The Morgan fingerprint density at radius 1 is 1.33 bits per heavy atom. The van der Waals surface area contributed by atoms with Crippen LogP contribution in [0, 0.1) is 11.3 Å². The van der Waals surface area contributed by atoms with E-state index in [2.05, 4.69) is 13.8 Å². The van der Waals surface area contributed by atoms with Crippen molar-refractivity contribution < 1.29 is 9.53 Å². The maximum absolute atomic E-state index is 11.8. The minimum atomic E-state index is 0.161. The van der Waals surface area contributed by atoms with Crippen molar-refractivity contribution in [3.63, 3.8) is 0 Å². The first-order valence-corrected chi connectivity index (χ1v) is 6.05. The highest BCUT2D eigenvalue weighted by Crippen LogP contribution is 2.38. The Kier molecular flexibility index (Phi) is 4.32. The van der Waals surface area contributed by atoms with Crippen LogP contribution in [0.1, 0.15) is 53.4 Å². The van der Waals surface area contributed by atoms with Gasteiger partial charge in [0.05, 0.1) is 6.10 Å². The van der Waals surface area contributed by atoms with Crippen LogP contribution in [0.25, 0.3) is 0 Å². The average Bonchev–Trinajstić information content (AvgIpc) is 2.14. The van der Waals surface area contributed by atoms with Gasteiger partial charge < -0.3 is 4.74 Å². The van der Waals surface area contributed by atoms with E-state index >= 15 is 0 Å². The lowest BCUT2D eigenvalue weighted by molar-refractivity contribution is -0.130. The minimum Gasteiger partial charge on any atom is -0.371 e. The van der Waals surface area contributed by atoms with Gasteiger partial charge in [-0.05, 0) is 44.9 Å². The largest absolute Gasteiger partial charge is 0.371 e. The predicted octanol–water partition coefficient (Wildman–Crippen LogP) is 3.20. The van der Waals surface area contributed by atoms with Crippen molar-refractivity contribution in [2.24, 2.45) is 11.3 Å². The molecule has 2 nitrogen and oxygen atoms in total. The Morgan fingerprint density at radius 2 is 1.87 bits per heavy atom. The topological polar surface area (TPSA) is 26.3 Å². The molecule has 0 aromatic heterocycles. The lowest BCUT2D eigenvalue weighted by Crippen LogP contribution is -2.29. The van der Waals surface area contributed by atoms with Crippen LogP contribution in [0.3, 0.4) is 0 Å². The van der Waals surface area contributed by atoms with Crippen molar-refractivity contribution in [1.29, 1.82) is 0 Å². The zero-order chi connectivity index (χ0) is 11.5. The summed E-state index contributed by atoms with van der Waals surface area (Å²) in [5.41, 5.74) is 0.440. The van der Waals surface area contributed by atoms with E-state index < -0.39 is 0 Å². The second-order valence-electron chi connectivity index (χ2n) is 5.76. The molecule has 1 saturated carbocycles. The van der Waals surface area contributed by atoms with Gasteiger partial charge in [-0.3, -0.25) is 4.79 Å². The molecular weight excluding hydrogens is 188 g/mol. The first-order valence-electron chi connectivity index (χ1n) is 6.05. The summed E-state index contributed by atoms with van der Waals surface area (Å²) in [7, 11) is 0. The Bertz CT molecular complexity index is 209. The number of carbonyl (C=O) groups is 1. The smallest absolute Gasteiger partial charge is 0.161 e. The molecule has 1 aliphatic carbocycles. The molecule has 0 bridgehead atoms. The van der Waals surface area contributed by atoms with Gasteiger partial charge in [0.25, 0.3) is 0 Å². The number of hydrogen-bond donors (Lipinski definition) is 0. The zero-order valence-electron chi connectivity index (χ0n) is 10.5. The third kappa shape index (κ3) is 4.33. The van der Waals surface area contributed by atoms with E-state index in [9.17, 15) is 4.79 Å². The summed E-state index contributed by atoms with van der Waals surface area (Å²) in [6, 6.07) is 0. The van der Waals surface area contributed by atoms with Crippen LogP contribution >= 0.6 is 0 Å². The van der Waals surface area contributed by atoms with E-state index in [0.717, 1.165) is 12.8 Å². The van der Waals surface area contributed by atoms with Crippen LogP contribution in [0.2, 0.25) is 0 Å². The molecule has 0 radical (unpaired) electrons. The average molecular weight is 212 g/mol. The summed E-state index contributed by atoms with van der Waals surface area (Å²) in [6.07, 6.45) is 4.60. The van der Waals surface area contributed by atoms with Crippen LogP contribution in [0.4, 0.5) is 0 Å². The zero-order valence-corrected chi connectivity index (χ0v) is 10.5. The molecule has 0 saturated heterocycles. The first-order chi connectivity index (χ1) is 6.91. The molecule has 0 aromatic carbocycles. The van der Waals surface area contributed by atoms with Gasteiger partial charge in [0.15, 0.2) is 5.78 Å². The fraction of sp³-hybridized carbons (Fsp3) is 0.923. The van der Waals surface area contributed by atoms with Crippen LogP contribution in [0.15, 0.2) is 0 Å². The van der Waals surface area contributed by atoms with Gasteiger partial charge in [-0.1, -0.05) is 13.8 Å². The van der Waals surface area contributed by atoms with E-state index in [1.54, 1.807) is 0 Å². The molecule has 1 fully saturated rings. The summed E-state index contributed by atoms with van der Waals surface area (Å²) in [4.78, 5) is 11.8. The molecule has 0 unspecified atom stereocenters. The maximum atomic E-state index is 11.8. The van der Waals surface area contributed by atoms with Crippen molar-refractivity contribution in [3.05, 3.63) is 0 Å². The molecule has 15 heavy (non-hydrogen) atoms. The number of ketones is 1. The summed E-state index contributed by atoms with van der Waals surface area (Å²) in [5.74, 6) is 0.566. The fourth-order valence-corrected chi connectivity index (χ4v) is 2.09. The fourth-order valence-electron chi connectivity index (χ4n) is 2.09. The van der Waals surface area contributed by atoms with Crippen LogP contribution in [0.5, 0.6) is 0 Å². The molecule has 0 atom stereocenters. The van der Waals surface area contributed by atoms with E-state index in [4.69, 9.17) is 4.74 Å². The van der Waals surface area contributed by atoms with E-state index in [1.807, 2.05) is 13.8 Å². The van der Waals surface area contributed by atoms with Gasteiger partial charge in [-0.25, -0.2) is 0 Å². The van der Waals surface area contributed by atoms with E-state index in [0.29, 0.717) is 17.8 Å². The molecule has 2 heteroatoms. The van der Waals surface area contributed by atoms with Crippen molar-refractivity contribution in [2.75, 3.05) is 6.61 Å². The Balaban J connectivity index is 2.30. The van der Waals surface area contributed by atoms with Gasteiger partial charge in [0, 0.05) is 5.92 Å². The van der Waals surface area contributed by atoms with Crippen molar-refractivity contribution in [1.82, 2.24) is 0 Å². The van der Waals surface area contributed by atoms with Gasteiger partial charge >= 0.3 is 0 Å². The summed E-state index contributed by atoms with van der Waals surface area (Å²) >= 11 is 0. The molecule has 0 aromatic rings. The molecule has 0 heterocycles. The number of ether oxygens (including phenoxy) is 1. The quantitative estimate of drug-likeness (QED) is 0.715. The molecule has 88 valence electrons. The molecular formula is C13H24O2. The van der Waals surface area contributed by atoms with Crippen LogP contribution < -0.4 is 0 Å². The highest BCUT2D eigenvalue weighted by Gasteiger charge is 2.30. The number of rotatable bonds is 4.